The van der Waals surface area contributed by atoms with Crippen LogP contribution in [0, 0.1) is 11.8 Å². The number of hydrogen-bond acceptors (Lipinski definition) is 3. The Kier molecular flexibility index (Phi) is 4.82. The molecule has 0 bridgehead atoms. The van der Waals surface area contributed by atoms with E-state index in [2.05, 4.69) is 29.6 Å². The first-order valence-electron chi connectivity index (χ1n) is 7.26. The van der Waals surface area contributed by atoms with Crippen LogP contribution in [0.1, 0.15) is 33.1 Å². The van der Waals surface area contributed by atoms with Gasteiger partial charge in [-0.3, -0.25) is 9.48 Å². The fourth-order valence-corrected chi connectivity index (χ4v) is 2.68. The Morgan fingerprint density at radius 2 is 2.14 bits per heavy atom. The Bertz CT molecular complexity index is 514. The smallest absolute Gasteiger partial charge is 0.325 e. The topological polar surface area (TPSA) is 96.3 Å². The number of carbonyl (C=O) groups is 2. The van der Waals surface area contributed by atoms with Crippen molar-refractivity contribution in [3.63, 3.8) is 0 Å². The van der Waals surface area contributed by atoms with Gasteiger partial charge in [-0.1, -0.05) is 13.8 Å². The van der Waals surface area contributed by atoms with Crippen molar-refractivity contribution < 1.29 is 14.7 Å². The fraction of sp³-hybridized carbons (Fsp3) is 0.643. The Labute approximate surface area is 123 Å². The number of rotatable bonds is 4. The lowest BCUT2D eigenvalue weighted by molar-refractivity contribution is -0.137. The molecule has 3 N–H and O–H groups in total. The molecule has 1 aliphatic carbocycles. The van der Waals surface area contributed by atoms with Crippen molar-refractivity contribution >= 4 is 17.7 Å². The van der Waals surface area contributed by atoms with Gasteiger partial charge in [-0.25, -0.2) is 4.79 Å². The van der Waals surface area contributed by atoms with E-state index in [9.17, 15) is 9.59 Å². The van der Waals surface area contributed by atoms with Gasteiger partial charge in [0.2, 0.25) is 0 Å². The van der Waals surface area contributed by atoms with E-state index in [0.717, 1.165) is 19.3 Å². The lowest BCUT2D eigenvalue weighted by Gasteiger charge is -2.32. The minimum atomic E-state index is -0.973. The molecule has 0 radical (unpaired) electrons. The number of aliphatic carboxylic acids is 1. The van der Waals surface area contributed by atoms with Gasteiger partial charge in [0, 0.05) is 12.2 Å². The lowest BCUT2D eigenvalue weighted by Crippen LogP contribution is -2.41. The lowest BCUT2D eigenvalue weighted by atomic mass is 9.79. The van der Waals surface area contributed by atoms with Crippen LogP contribution in [0.25, 0.3) is 0 Å². The largest absolute Gasteiger partial charge is 0.480 e. The van der Waals surface area contributed by atoms with E-state index < -0.39 is 5.97 Å². The summed E-state index contributed by atoms with van der Waals surface area (Å²) < 4.78 is 1.27. The monoisotopic (exact) mass is 294 g/mol. The van der Waals surface area contributed by atoms with Crippen LogP contribution in [0.2, 0.25) is 0 Å². The van der Waals surface area contributed by atoms with Gasteiger partial charge in [-0.15, -0.1) is 0 Å². The van der Waals surface area contributed by atoms with Gasteiger partial charge in [-0.05, 0) is 31.1 Å². The molecule has 3 atom stereocenters. The molecule has 0 aliphatic heterocycles. The molecule has 116 valence electrons. The second-order valence-corrected chi connectivity index (χ2v) is 5.88. The maximum Gasteiger partial charge on any atom is 0.325 e. The first-order chi connectivity index (χ1) is 9.94. The van der Waals surface area contributed by atoms with E-state index in [4.69, 9.17) is 5.11 Å². The van der Waals surface area contributed by atoms with Crippen LogP contribution in [0.15, 0.2) is 12.4 Å². The molecule has 1 heterocycles. The summed E-state index contributed by atoms with van der Waals surface area (Å²) in [6.45, 7) is 4.24. The van der Waals surface area contributed by atoms with Gasteiger partial charge in [0.05, 0.1) is 11.9 Å². The number of anilines is 1. The highest BCUT2D eigenvalue weighted by molar-refractivity contribution is 5.89. The average Bonchev–Trinajstić information content (AvgIpc) is 2.80. The molecular formula is C14H22N4O3. The number of amides is 2. The highest BCUT2D eigenvalue weighted by atomic mass is 16.4. The normalized spacial score (nSPS) is 25.3. The molecule has 2 amide bonds. The zero-order valence-electron chi connectivity index (χ0n) is 12.4. The molecule has 2 rings (SSSR count). The van der Waals surface area contributed by atoms with Crippen molar-refractivity contribution in [3.05, 3.63) is 12.4 Å². The maximum absolute atomic E-state index is 11.9. The number of nitrogens with one attached hydrogen (secondary N) is 2. The summed E-state index contributed by atoms with van der Waals surface area (Å²) in [6.07, 6.45) is 6.06. The van der Waals surface area contributed by atoms with Gasteiger partial charge < -0.3 is 15.7 Å². The van der Waals surface area contributed by atoms with E-state index >= 15 is 0 Å². The third-order valence-electron chi connectivity index (χ3n) is 4.12. The summed E-state index contributed by atoms with van der Waals surface area (Å²) in [5.41, 5.74) is 0.492. The Balaban J connectivity index is 1.81. The number of carbonyl (C=O) groups excluding carboxylic acids is 1. The van der Waals surface area contributed by atoms with Gasteiger partial charge in [0.15, 0.2) is 0 Å². The van der Waals surface area contributed by atoms with Crippen molar-refractivity contribution in [1.29, 1.82) is 0 Å². The summed E-state index contributed by atoms with van der Waals surface area (Å²) in [7, 11) is 0. The molecule has 0 saturated heterocycles. The first kappa shape index (κ1) is 15.3. The van der Waals surface area contributed by atoms with Crippen LogP contribution in [-0.4, -0.2) is 32.9 Å². The summed E-state index contributed by atoms with van der Waals surface area (Å²) in [5.74, 6) is 0.349. The van der Waals surface area contributed by atoms with Crippen LogP contribution >= 0.6 is 0 Å². The number of nitrogens with zero attached hydrogens (tertiary/aromatic N) is 2. The van der Waals surface area contributed by atoms with E-state index in [0.29, 0.717) is 17.5 Å². The third kappa shape index (κ3) is 4.47. The van der Waals surface area contributed by atoms with Gasteiger partial charge >= 0.3 is 12.0 Å². The number of carboxylic acid groups (broad SMARTS) is 1. The summed E-state index contributed by atoms with van der Waals surface area (Å²) in [4.78, 5) is 22.5. The van der Waals surface area contributed by atoms with Crippen molar-refractivity contribution in [3.8, 4) is 0 Å². The van der Waals surface area contributed by atoms with E-state index in [1.807, 2.05) is 0 Å². The number of urea groups is 1. The SMILES string of the molecule is CC1CCC(NC(=O)Nc2cnn(CC(=O)O)c2)CC1C. The molecule has 1 aromatic rings. The highest BCUT2D eigenvalue weighted by Crippen LogP contribution is 2.29. The van der Waals surface area contributed by atoms with E-state index in [1.54, 1.807) is 0 Å². The number of carboxylic acids is 1. The van der Waals surface area contributed by atoms with Gasteiger partial charge in [0.25, 0.3) is 0 Å². The zero-order chi connectivity index (χ0) is 15.4. The zero-order valence-corrected chi connectivity index (χ0v) is 12.4. The molecule has 3 unspecified atom stereocenters. The van der Waals surface area contributed by atoms with Crippen LogP contribution in [0.4, 0.5) is 10.5 Å². The highest BCUT2D eigenvalue weighted by Gasteiger charge is 2.25. The van der Waals surface area contributed by atoms with Gasteiger partial charge in [0.1, 0.15) is 6.54 Å². The Morgan fingerprint density at radius 1 is 1.38 bits per heavy atom. The molecule has 1 saturated carbocycles. The number of aromatic nitrogens is 2. The molecule has 21 heavy (non-hydrogen) atoms. The predicted octanol–water partition coefficient (Wildman–Crippen LogP) is 1.91. The fourth-order valence-electron chi connectivity index (χ4n) is 2.68. The summed E-state index contributed by atoms with van der Waals surface area (Å²) in [6, 6.07) is -0.0677. The molecule has 7 nitrogen and oxygen atoms in total. The third-order valence-corrected chi connectivity index (χ3v) is 4.12. The van der Waals surface area contributed by atoms with Crippen LogP contribution in [-0.2, 0) is 11.3 Å². The van der Waals surface area contributed by atoms with Crippen LogP contribution in [0.3, 0.4) is 0 Å². The van der Waals surface area contributed by atoms with Crippen molar-refractivity contribution in [2.24, 2.45) is 11.8 Å². The molecule has 7 heteroatoms. The van der Waals surface area contributed by atoms with Crippen LogP contribution < -0.4 is 10.6 Å². The minimum absolute atomic E-state index is 0.199. The average molecular weight is 294 g/mol. The second kappa shape index (κ2) is 6.60. The second-order valence-electron chi connectivity index (χ2n) is 5.88. The van der Waals surface area contributed by atoms with Crippen molar-refractivity contribution in [1.82, 2.24) is 15.1 Å². The van der Waals surface area contributed by atoms with Crippen molar-refractivity contribution in [2.45, 2.75) is 45.7 Å². The molecule has 1 fully saturated rings. The standard InChI is InChI=1S/C14H22N4O3/c1-9-3-4-11(5-10(9)2)16-14(21)17-12-6-15-18(7-12)8-13(19)20/h6-7,9-11H,3-5,8H2,1-2H3,(H,19,20)(H2,16,17,21). The molecule has 0 spiro atoms. The first-order valence-corrected chi connectivity index (χ1v) is 7.26. The van der Waals surface area contributed by atoms with E-state index in [-0.39, 0.29) is 18.6 Å². The van der Waals surface area contributed by atoms with Crippen molar-refractivity contribution in [2.75, 3.05) is 5.32 Å². The minimum Gasteiger partial charge on any atom is -0.480 e. The molecule has 0 aromatic carbocycles. The molecule has 1 aliphatic rings. The molecular weight excluding hydrogens is 272 g/mol. The summed E-state index contributed by atoms with van der Waals surface area (Å²) >= 11 is 0. The maximum atomic E-state index is 11.9. The van der Waals surface area contributed by atoms with Crippen LogP contribution in [0.5, 0.6) is 0 Å². The summed E-state index contributed by atoms with van der Waals surface area (Å²) in [5, 5.41) is 18.2. The van der Waals surface area contributed by atoms with Gasteiger partial charge in [-0.2, -0.15) is 5.10 Å². The van der Waals surface area contributed by atoms with E-state index in [1.165, 1.54) is 17.1 Å². The molecule has 1 aromatic heterocycles. The predicted molar refractivity (Wildman–Crippen MR) is 78.0 cm³/mol. The number of hydrogen-bond donors (Lipinski definition) is 3. The quantitative estimate of drug-likeness (QED) is 0.790. The Hall–Kier alpha value is -2.05. The Morgan fingerprint density at radius 3 is 2.81 bits per heavy atom.